The Balaban J connectivity index is 2.32. The molecule has 1 N–H and O–H groups in total. The minimum atomic E-state index is -3.20. The SMILES string of the molecule is Cc1cccc(C(O)c2ccc(S(C)(=O)=O)cc2)c1. The average molecular weight is 276 g/mol. The maximum Gasteiger partial charge on any atom is 0.175 e. The standard InChI is InChI=1S/C15H16O3S/c1-11-4-3-5-13(10-11)15(16)12-6-8-14(9-7-12)19(2,17)18/h3-10,15-16H,1-2H3. The van der Waals surface area contributed by atoms with Crippen LogP contribution >= 0.6 is 0 Å². The Morgan fingerprint density at radius 2 is 1.63 bits per heavy atom. The second kappa shape index (κ2) is 5.15. The number of aliphatic hydroxyl groups excluding tert-OH is 1. The summed E-state index contributed by atoms with van der Waals surface area (Å²) in [6, 6.07) is 13.9. The largest absolute Gasteiger partial charge is 0.384 e. The van der Waals surface area contributed by atoms with Gasteiger partial charge >= 0.3 is 0 Å². The van der Waals surface area contributed by atoms with Gasteiger partial charge in [-0.3, -0.25) is 0 Å². The number of benzene rings is 2. The van der Waals surface area contributed by atoms with E-state index < -0.39 is 15.9 Å². The molecule has 3 nitrogen and oxygen atoms in total. The molecule has 0 saturated heterocycles. The number of hydrogen-bond donors (Lipinski definition) is 1. The van der Waals surface area contributed by atoms with Crippen molar-refractivity contribution in [1.82, 2.24) is 0 Å². The summed E-state index contributed by atoms with van der Waals surface area (Å²) in [5, 5.41) is 10.3. The normalized spacial score (nSPS) is 13.2. The second-order valence-corrected chi connectivity index (χ2v) is 6.67. The van der Waals surface area contributed by atoms with Crippen molar-refractivity contribution in [3.05, 3.63) is 65.2 Å². The highest BCUT2D eigenvalue weighted by molar-refractivity contribution is 7.90. The van der Waals surface area contributed by atoms with Crippen LogP contribution in [0.1, 0.15) is 22.8 Å². The highest BCUT2D eigenvalue weighted by atomic mass is 32.2. The number of aryl methyl sites for hydroxylation is 1. The first-order valence-electron chi connectivity index (χ1n) is 5.92. The smallest absolute Gasteiger partial charge is 0.175 e. The van der Waals surface area contributed by atoms with E-state index in [-0.39, 0.29) is 4.90 Å². The lowest BCUT2D eigenvalue weighted by Gasteiger charge is -2.12. The van der Waals surface area contributed by atoms with Gasteiger partial charge in [0, 0.05) is 6.26 Å². The summed E-state index contributed by atoms with van der Waals surface area (Å²) in [4.78, 5) is 0.257. The monoisotopic (exact) mass is 276 g/mol. The Labute approximate surface area is 113 Å². The number of hydrogen-bond acceptors (Lipinski definition) is 3. The molecule has 2 rings (SSSR count). The first-order chi connectivity index (χ1) is 8.88. The first kappa shape index (κ1) is 13.8. The summed E-state index contributed by atoms with van der Waals surface area (Å²) >= 11 is 0. The van der Waals surface area contributed by atoms with E-state index >= 15 is 0 Å². The van der Waals surface area contributed by atoms with Gasteiger partial charge in [0.1, 0.15) is 6.10 Å². The molecule has 2 aromatic rings. The predicted octanol–water partition coefficient (Wildman–Crippen LogP) is 2.48. The molecule has 0 heterocycles. The molecule has 1 atom stereocenters. The van der Waals surface area contributed by atoms with Gasteiger partial charge < -0.3 is 5.11 Å². The quantitative estimate of drug-likeness (QED) is 0.937. The number of rotatable bonds is 3. The van der Waals surface area contributed by atoms with Gasteiger partial charge in [-0.1, -0.05) is 42.0 Å². The number of sulfone groups is 1. The lowest BCUT2D eigenvalue weighted by molar-refractivity contribution is 0.220. The van der Waals surface area contributed by atoms with Crippen molar-refractivity contribution in [2.75, 3.05) is 6.26 Å². The van der Waals surface area contributed by atoms with E-state index in [0.717, 1.165) is 11.1 Å². The molecular formula is C15H16O3S. The molecule has 0 aromatic heterocycles. The zero-order valence-electron chi connectivity index (χ0n) is 10.9. The van der Waals surface area contributed by atoms with E-state index in [2.05, 4.69) is 0 Å². The fourth-order valence-corrected chi connectivity index (χ4v) is 2.56. The van der Waals surface area contributed by atoms with Gasteiger partial charge in [0.05, 0.1) is 4.90 Å². The third kappa shape index (κ3) is 3.22. The third-order valence-electron chi connectivity index (χ3n) is 2.98. The molecule has 0 aliphatic rings. The minimum Gasteiger partial charge on any atom is -0.384 e. The molecule has 0 radical (unpaired) electrons. The summed E-state index contributed by atoms with van der Waals surface area (Å²) in [7, 11) is -3.20. The maximum atomic E-state index is 11.4. The van der Waals surface area contributed by atoms with Crippen LogP contribution in [0.4, 0.5) is 0 Å². The molecule has 2 aromatic carbocycles. The molecule has 0 saturated carbocycles. The Kier molecular flexibility index (Phi) is 3.73. The van der Waals surface area contributed by atoms with Crippen LogP contribution in [0.25, 0.3) is 0 Å². The van der Waals surface area contributed by atoms with Gasteiger partial charge in [0.25, 0.3) is 0 Å². The van der Waals surface area contributed by atoms with E-state index in [4.69, 9.17) is 0 Å². The topological polar surface area (TPSA) is 54.4 Å². The van der Waals surface area contributed by atoms with Crippen LogP contribution in [0, 0.1) is 6.92 Å². The lowest BCUT2D eigenvalue weighted by Crippen LogP contribution is -2.02. The van der Waals surface area contributed by atoms with Crippen LogP contribution in [-0.4, -0.2) is 19.8 Å². The van der Waals surface area contributed by atoms with Gasteiger partial charge in [0.2, 0.25) is 0 Å². The first-order valence-corrected chi connectivity index (χ1v) is 7.82. The van der Waals surface area contributed by atoms with Crippen LogP contribution < -0.4 is 0 Å². The van der Waals surface area contributed by atoms with Crippen molar-refractivity contribution in [3.63, 3.8) is 0 Å². The third-order valence-corrected chi connectivity index (χ3v) is 4.11. The van der Waals surface area contributed by atoms with Gasteiger partial charge in [0.15, 0.2) is 9.84 Å². The molecule has 0 aliphatic carbocycles. The Morgan fingerprint density at radius 3 is 2.16 bits per heavy atom. The van der Waals surface area contributed by atoms with Crippen LogP contribution in [-0.2, 0) is 9.84 Å². The van der Waals surface area contributed by atoms with E-state index in [1.54, 1.807) is 12.1 Å². The van der Waals surface area contributed by atoms with Crippen LogP contribution in [0.2, 0.25) is 0 Å². The molecule has 4 heteroatoms. The molecule has 0 spiro atoms. The van der Waals surface area contributed by atoms with Crippen molar-refractivity contribution in [1.29, 1.82) is 0 Å². The van der Waals surface area contributed by atoms with Gasteiger partial charge in [-0.05, 0) is 30.2 Å². The molecular weight excluding hydrogens is 260 g/mol. The van der Waals surface area contributed by atoms with E-state index in [0.29, 0.717) is 5.56 Å². The van der Waals surface area contributed by atoms with Crippen LogP contribution in [0.15, 0.2) is 53.4 Å². The zero-order valence-corrected chi connectivity index (χ0v) is 11.7. The molecule has 0 aliphatic heterocycles. The van der Waals surface area contributed by atoms with Gasteiger partial charge in [-0.25, -0.2) is 8.42 Å². The van der Waals surface area contributed by atoms with Crippen molar-refractivity contribution in [3.8, 4) is 0 Å². The summed E-state index contributed by atoms with van der Waals surface area (Å²) < 4.78 is 22.7. The Bertz CT molecular complexity index is 673. The average Bonchev–Trinajstić information content (AvgIpc) is 2.37. The van der Waals surface area contributed by atoms with Crippen molar-refractivity contribution >= 4 is 9.84 Å². The lowest BCUT2D eigenvalue weighted by atomic mass is 10.0. The zero-order chi connectivity index (χ0) is 14.0. The maximum absolute atomic E-state index is 11.4. The van der Waals surface area contributed by atoms with Crippen LogP contribution in [0.3, 0.4) is 0 Å². The Hall–Kier alpha value is -1.65. The molecule has 0 fully saturated rings. The minimum absolute atomic E-state index is 0.257. The fourth-order valence-electron chi connectivity index (χ4n) is 1.93. The highest BCUT2D eigenvalue weighted by Gasteiger charge is 2.12. The summed E-state index contributed by atoms with van der Waals surface area (Å²) in [5.41, 5.74) is 2.55. The van der Waals surface area contributed by atoms with Gasteiger partial charge in [-0.2, -0.15) is 0 Å². The van der Waals surface area contributed by atoms with E-state index in [1.807, 2.05) is 31.2 Å². The summed E-state index contributed by atoms with van der Waals surface area (Å²) in [5.74, 6) is 0. The summed E-state index contributed by atoms with van der Waals surface area (Å²) in [6.45, 7) is 1.96. The highest BCUT2D eigenvalue weighted by Crippen LogP contribution is 2.23. The molecule has 1 unspecified atom stereocenters. The fraction of sp³-hybridized carbons (Fsp3) is 0.200. The van der Waals surface area contributed by atoms with Crippen LogP contribution in [0.5, 0.6) is 0 Å². The predicted molar refractivity (Wildman–Crippen MR) is 74.8 cm³/mol. The molecule has 19 heavy (non-hydrogen) atoms. The molecule has 0 bridgehead atoms. The van der Waals surface area contributed by atoms with E-state index in [1.165, 1.54) is 18.4 Å². The van der Waals surface area contributed by atoms with Crippen molar-refractivity contribution < 1.29 is 13.5 Å². The number of aliphatic hydroxyl groups is 1. The van der Waals surface area contributed by atoms with Crippen molar-refractivity contribution in [2.24, 2.45) is 0 Å². The second-order valence-electron chi connectivity index (χ2n) is 4.66. The van der Waals surface area contributed by atoms with Crippen molar-refractivity contribution in [2.45, 2.75) is 17.9 Å². The van der Waals surface area contributed by atoms with E-state index in [9.17, 15) is 13.5 Å². The summed E-state index contributed by atoms with van der Waals surface area (Å²) in [6.07, 6.45) is 0.424. The molecule has 0 amide bonds. The van der Waals surface area contributed by atoms with Gasteiger partial charge in [-0.15, -0.1) is 0 Å². The molecule has 100 valence electrons. The Morgan fingerprint density at radius 1 is 1.00 bits per heavy atom.